The zero-order chi connectivity index (χ0) is 13.1. The number of rotatable bonds is 2. The van der Waals surface area contributed by atoms with Crippen LogP contribution >= 0.6 is 15.9 Å². The van der Waals surface area contributed by atoms with Crippen LogP contribution in [0.1, 0.15) is 41.6 Å². The van der Waals surface area contributed by atoms with Gasteiger partial charge in [-0.2, -0.15) is 0 Å². The SMILES string of the molecule is Cc1ccc(Br)c(C(=O)NC2CCC(=O)CC2)c1. The molecule has 1 aliphatic rings. The molecule has 0 heterocycles. The highest BCUT2D eigenvalue weighted by Crippen LogP contribution is 2.20. The summed E-state index contributed by atoms with van der Waals surface area (Å²) in [7, 11) is 0. The topological polar surface area (TPSA) is 46.2 Å². The number of benzene rings is 1. The fourth-order valence-electron chi connectivity index (χ4n) is 2.16. The van der Waals surface area contributed by atoms with Gasteiger partial charge in [-0.25, -0.2) is 0 Å². The molecule has 4 heteroatoms. The summed E-state index contributed by atoms with van der Waals surface area (Å²) in [5.41, 5.74) is 1.72. The first-order valence-electron chi connectivity index (χ1n) is 6.15. The number of halogens is 1. The van der Waals surface area contributed by atoms with Crippen LogP contribution in [-0.2, 0) is 4.79 Å². The fraction of sp³-hybridized carbons (Fsp3) is 0.429. The predicted octanol–water partition coefficient (Wildman–Crippen LogP) is 3.00. The first-order chi connectivity index (χ1) is 8.56. The summed E-state index contributed by atoms with van der Waals surface area (Å²) in [6, 6.07) is 5.84. The van der Waals surface area contributed by atoms with Crippen LogP contribution in [0.4, 0.5) is 0 Å². The second kappa shape index (κ2) is 5.65. The van der Waals surface area contributed by atoms with Crippen LogP contribution in [0.2, 0.25) is 0 Å². The van der Waals surface area contributed by atoms with Crippen LogP contribution < -0.4 is 5.32 Å². The average molecular weight is 310 g/mol. The molecule has 18 heavy (non-hydrogen) atoms. The Hall–Kier alpha value is -1.16. The number of hydrogen-bond donors (Lipinski definition) is 1. The minimum absolute atomic E-state index is 0.0649. The van der Waals surface area contributed by atoms with Crippen molar-refractivity contribution in [2.45, 2.75) is 38.6 Å². The third-order valence-electron chi connectivity index (χ3n) is 3.24. The summed E-state index contributed by atoms with van der Waals surface area (Å²) in [6.45, 7) is 1.96. The number of ketones is 1. The highest BCUT2D eigenvalue weighted by molar-refractivity contribution is 9.10. The number of amides is 1. The minimum Gasteiger partial charge on any atom is -0.349 e. The molecule has 0 aromatic heterocycles. The van der Waals surface area contributed by atoms with E-state index < -0.39 is 0 Å². The van der Waals surface area contributed by atoms with Gasteiger partial charge in [0.15, 0.2) is 0 Å². The van der Waals surface area contributed by atoms with Crippen molar-refractivity contribution in [2.75, 3.05) is 0 Å². The Bertz CT molecular complexity index is 475. The molecule has 0 radical (unpaired) electrons. The lowest BCUT2D eigenvalue weighted by Crippen LogP contribution is -2.37. The Kier molecular flexibility index (Phi) is 4.17. The zero-order valence-corrected chi connectivity index (χ0v) is 11.9. The summed E-state index contributed by atoms with van der Waals surface area (Å²) in [6.07, 6.45) is 2.68. The van der Waals surface area contributed by atoms with Crippen LogP contribution in [0.3, 0.4) is 0 Å². The van der Waals surface area contributed by atoms with Crippen molar-refractivity contribution in [1.29, 1.82) is 0 Å². The first kappa shape index (κ1) is 13.3. The Labute approximate surface area is 115 Å². The van der Waals surface area contributed by atoms with E-state index in [1.807, 2.05) is 25.1 Å². The second-order valence-corrected chi connectivity index (χ2v) is 5.62. The van der Waals surface area contributed by atoms with E-state index in [0.29, 0.717) is 24.2 Å². The van der Waals surface area contributed by atoms with Gasteiger partial charge in [0.05, 0.1) is 5.56 Å². The first-order valence-corrected chi connectivity index (χ1v) is 6.94. The van der Waals surface area contributed by atoms with Gasteiger partial charge in [0.2, 0.25) is 0 Å². The van der Waals surface area contributed by atoms with Gasteiger partial charge in [-0.15, -0.1) is 0 Å². The monoisotopic (exact) mass is 309 g/mol. The van der Waals surface area contributed by atoms with Gasteiger partial charge in [0, 0.05) is 23.4 Å². The Morgan fingerprint density at radius 2 is 2.00 bits per heavy atom. The number of aryl methyl sites for hydroxylation is 1. The molecule has 1 saturated carbocycles. The Morgan fingerprint density at radius 3 is 2.67 bits per heavy atom. The molecule has 96 valence electrons. The standard InChI is InChI=1S/C14H16BrNO2/c1-9-2-7-13(15)12(8-9)14(18)16-10-3-5-11(17)6-4-10/h2,7-8,10H,3-6H2,1H3,(H,16,18). The maximum Gasteiger partial charge on any atom is 0.252 e. The van der Waals surface area contributed by atoms with Crippen molar-refractivity contribution in [3.63, 3.8) is 0 Å². The predicted molar refractivity (Wildman–Crippen MR) is 73.6 cm³/mol. The third-order valence-corrected chi connectivity index (χ3v) is 3.94. The molecule has 0 bridgehead atoms. The maximum atomic E-state index is 12.1. The smallest absolute Gasteiger partial charge is 0.252 e. The lowest BCUT2D eigenvalue weighted by atomic mass is 9.94. The molecule has 1 amide bonds. The van der Waals surface area contributed by atoms with Crippen molar-refractivity contribution in [3.05, 3.63) is 33.8 Å². The summed E-state index contributed by atoms with van der Waals surface area (Å²) in [5, 5.41) is 3.00. The third kappa shape index (κ3) is 3.19. The molecule has 3 nitrogen and oxygen atoms in total. The number of carbonyl (C=O) groups is 2. The summed E-state index contributed by atoms with van der Waals surface area (Å²) in [5.74, 6) is 0.238. The van der Waals surface area contributed by atoms with E-state index in [1.54, 1.807) is 0 Å². The molecule has 0 unspecified atom stereocenters. The van der Waals surface area contributed by atoms with Crippen molar-refractivity contribution in [1.82, 2.24) is 5.32 Å². The summed E-state index contributed by atoms with van der Waals surface area (Å²) >= 11 is 3.39. The normalized spacial score (nSPS) is 16.7. The summed E-state index contributed by atoms with van der Waals surface area (Å²) < 4.78 is 0.803. The molecule has 1 aromatic rings. The molecule has 0 saturated heterocycles. The second-order valence-electron chi connectivity index (χ2n) is 4.77. The van der Waals surface area contributed by atoms with E-state index in [1.165, 1.54) is 0 Å². The van der Waals surface area contributed by atoms with Gasteiger partial charge in [0.1, 0.15) is 5.78 Å². The number of carbonyl (C=O) groups excluding carboxylic acids is 2. The van der Waals surface area contributed by atoms with E-state index in [2.05, 4.69) is 21.2 Å². The van der Waals surface area contributed by atoms with Crippen molar-refractivity contribution >= 4 is 27.6 Å². The van der Waals surface area contributed by atoms with Crippen LogP contribution in [0.5, 0.6) is 0 Å². The largest absolute Gasteiger partial charge is 0.349 e. The zero-order valence-electron chi connectivity index (χ0n) is 10.3. The van der Waals surface area contributed by atoms with E-state index in [0.717, 1.165) is 22.9 Å². The van der Waals surface area contributed by atoms with Crippen LogP contribution in [0.25, 0.3) is 0 Å². The van der Waals surface area contributed by atoms with Crippen molar-refractivity contribution in [2.24, 2.45) is 0 Å². The van der Waals surface area contributed by atoms with Crippen molar-refractivity contribution < 1.29 is 9.59 Å². The molecular formula is C14H16BrNO2. The van der Waals surface area contributed by atoms with Gasteiger partial charge in [-0.05, 0) is 47.8 Å². The Morgan fingerprint density at radius 1 is 1.33 bits per heavy atom. The van der Waals surface area contributed by atoms with Gasteiger partial charge < -0.3 is 5.32 Å². The molecule has 0 spiro atoms. The highest BCUT2D eigenvalue weighted by atomic mass is 79.9. The van der Waals surface area contributed by atoms with Gasteiger partial charge in [-0.1, -0.05) is 11.6 Å². The Balaban J connectivity index is 2.03. The van der Waals surface area contributed by atoms with Gasteiger partial charge in [0.25, 0.3) is 5.91 Å². The molecule has 1 N–H and O–H groups in total. The molecule has 1 aliphatic carbocycles. The van der Waals surface area contributed by atoms with Gasteiger partial charge >= 0.3 is 0 Å². The lowest BCUT2D eigenvalue weighted by molar-refractivity contribution is -0.120. The van der Waals surface area contributed by atoms with Gasteiger partial charge in [-0.3, -0.25) is 9.59 Å². The van der Waals surface area contributed by atoms with E-state index in [4.69, 9.17) is 0 Å². The summed E-state index contributed by atoms with van der Waals surface area (Å²) in [4.78, 5) is 23.3. The van der Waals surface area contributed by atoms with E-state index >= 15 is 0 Å². The van der Waals surface area contributed by atoms with E-state index in [9.17, 15) is 9.59 Å². The van der Waals surface area contributed by atoms with E-state index in [-0.39, 0.29) is 11.9 Å². The van der Waals surface area contributed by atoms with Crippen LogP contribution in [0, 0.1) is 6.92 Å². The fourth-order valence-corrected chi connectivity index (χ4v) is 2.59. The van der Waals surface area contributed by atoms with Crippen LogP contribution in [0.15, 0.2) is 22.7 Å². The van der Waals surface area contributed by atoms with Crippen LogP contribution in [-0.4, -0.2) is 17.7 Å². The average Bonchev–Trinajstić information content (AvgIpc) is 2.35. The number of nitrogens with one attached hydrogen (secondary N) is 1. The maximum absolute atomic E-state index is 12.1. The molecular weight excluding hydrogens is 294 g/mol. The molecule has 0 aliphatic heterocycles. The molecule has 1 aromatic carbocycles. The molecule has 1 fully saturated rings. The van der Waals surface area contributed by atoms with Crippen molar-refractivity contribution in [3.8, 4) is 0 Å². The molecule has 0 atom stereocenters. The molecule has 2 rings (SSSR count). The number of Topliss-reactive ketones (excluding diaryl/α,β-unsaturated/α-hetero) is 1. The number of hydrogen-bond acceptors (Lipinski definition) is 2. The minimum atomic E-state index is -0.0649. The quantitative estimate of drug-likeness (QED) is 0.913. The lowest BCUT2D eigenvalue weighted by Gasteiger charge is -2.22. The highest BCUT2D eigenvalue weighted by Gasteiger charge is 2.21.